The third kappa shape index (κ3) is 4.53. The Kier molecular flexibility index (Phi) is 7.52. The SMILES string of the molecule is C/N=C\c1ccc2c3c(n(CCOC)c2c1)C(C)(C)c1cc(OCCOC)c(OC(C)C)cc1C3=O. The smallest absolute Gasteiger partial charge is 0.195 e. The molecule has 0 atom stereocenters. The van der Waals surface area contributed by atoms with Gasteiger partial charge in [-0.3, -0.25) is 9.79 Å². The van der Waals surface area contributed by atoms with Gasteiger partial charge < -0.3 is 23.5 Å². The van der Waals surface area contributed by atoms with E-state index >= 15 is 0 Å². The average Bonchev–Trinajstić information content (AvgIpc) is 3.16. The number of hydrogen-bond donors (Lipinski definition) is 0. The predicted molar refractivity (Wildman–Crippen MR) is 142 cm³/mol. The van der Waals surface area contributed by atoms with E-state index in [1.807, 2.05) is 44.3 Å². The number of carbonyl (C=O) groups is 1. The second-order valence-corrected chi connectivity index (χ2v) is 9.84. The van der Waals surface area contributed by atoms with E-state index in [1.165, 1.54) is 0 Å². The molecule has 1 heterocycles. The maximum Gasteiger partial charge on any atom is 0.195 e. The molecule has 7 nitrogen and oxygen atoms in total. The van der Waals surface area contributed by atoms with E-state index in [0.717, 1.165) is 33.3 Å². The minimum absolute atomic E-state index is 0.00514. The highest BCUT2D eigenvalue weighted by Gasteiger charge is 2.42. The van der Waals surface area contributed by atoms with Crippen LogP contribution in [0.15, 0.2) is 35.3 Å². The summed E-state index contributed by atoms with van der Waals surface area (Å²) in [5, 5.41) is 0.935. The summed E-state index contributed by atoms with van der Waals surface area (Å²) in [5.41, 5.74) is 4.80. The van der Waals surface area contributed by atoms with Crippen LogP contribution in [-0.4, -0.2) is 63.8 Å². The van der Waals surface area contributed by atoms with Gasteiger partial charge in [0.15, 0.2) is 17.3 Å². The third-order valence-corrected chi connectivity index (χ3v) is 6.61. The summed E-state index contributed by atoms with van der Waals surface area (Å²) >= 11 is 0. The van der Waals surface area contributed by atoms with E-state index in [1.54, 1.807) is 21.3 Å². The zero-order valence-corrected chi connectivity index (χ0v) is 22.3. The number of aliphatic imine (C=N–C) groups is 1. The van der Waals surface area contributed by atoms with Crippen molar-refractivity contribution in [2.75, 3.05) is 41.1 Å². The first-order valence-corrected chi connectivity index (χ1v) is 12.3. The summed E-state index contributed by atoms with van der Waals surface area (Å²) in [6.07, 6.45) is 1.76. The van der Waals surface area contributed by atoms with Crippen molar-refractivity contribution in [3.63, 3.8) is 0 Å². The van der Waals surface area contributed by atoms with Gasteiger partial charge in [-0.1, -0.05) is 26.0 Å². The molecular formula is C29H36N2O5. The number of ether oxygens (including phenoxy) is 4. The van der Waals surface area contributed by atoms with Gasteiger partial charge in [0.25, 0.3) is 0 Å². The maximum atomic E-state index is 14.1. The highest BCUT2D eigenvalue weighted by Crippen LogP contribution is 2.48. The molecule has 1 aliphatic carbocycles. The van der Waals surface area contributed by atoms with E-state index in [9.17, 15) is 4.79 Å². The number of methoxy groups -OCH3 is 2. The Bertz CT molecular complexity index is 1300. The van der Waals surface area contributed by atoms with Crippen molar-refractivity contribution >= 4 is 22.9 Å². The van der Waals surface area contributed by atoms with Crippen molar-refractivity contribution < 1.29 is 23.7 Å². The number of rotatable bonds is 10. The van der Waals surface area contributed by atoms with Gasteiger partial charge in [-0.2, -0.15) is 0 Å². The Morgan fingerprint density at radius 3 is 2.44 bits per heavy atom. The van der Waals surface area contributed by atoms with Crippen molar-refractivity contribution in [3.05, 3.63) is 58.3 Å². The van der Waals surface area contributed by atoms with Gasteiger partial charge in [-0.05, 0) is 43.2 Å². The summed E-state index contributed by atoms with van der Waals surface area (Å²) in [6.45, 7) is 10.3. The van der Waals surface area contributed by atoms with E-state index in [4.69, 9.17) is 18.9 Å². The fourth-order valence-electron chi connectivity index (χ4n) is 5.11. The number of nitrogens with zero attached hydrogens (tertiary/aromatic N) is 2. The van der Waals surface area contributed by atoms with Crippen LogP contribution >= 0.6 is 0 Å². The Balaban J connectivity index is 1.97. The van der Waals surface area contributed by atoms with Crippen LogP contribution < -0.4 is 9.47 Å². The highest BCUT2D eigenvalue weighted by atomic mass is 16.5. The number of fused-ring (bicyclic) bond motifs is 4. The molecule has 0 aliphatic heterocycles. The van der Waals surface area contributed by atoms with Crippen molar-refractivity contribution in [2.45, 2.75) is 45.8 Å². The van der Waals surface area contributed by atoms with E-state index in [0.29, 0.717) is 43.4 Å². The van der Waals surface area contributed by atoms with Gasteiger partial charge in [0.2, 0.25) is 0 Å². The van der Waals surface area contributed by atoms with Crippen LogP contribution in [0.2, 0.25) is 0 Å². The topological polar surface area (TPSA) is 71.3 Å². The molecule has 0 saturated heterocycles. The molecule has 0 saturated carbocycles. The molecule has 0 bridgehead atoms. The molecule has 0 unspecified atom stereocenters. The second kappa shape index (κ2) is 10.4. The minimum atomic E-state index is -0.472. The molecule has 7 heteroatoms. The molecule has 0 fully saturated rings. The summed E-state index contributed by atoms with van der Waals surface area (Å²) in [4.78, 5) is 18.3. The number of carbonyl (C=O) groups excluding carboxylic acids is 1. The Labute approximate surface area is 213 Å². The van der Waals surface area contributed by atoms with Gasteiger partial charge in [-0.25, -0.2) is 0 Å². The molecule has 0 radical (unpaired) electrons. The zero-order valence-electron chi connectivity index (χ0n) is 22.3. The molecule has 0 amide bonds. The number of aromatic nitrogens is 1. The van der Waals surface area contributed by atoms with Crippen molar-refractivity contribution in [3.8, 4) is 11.5 Å². The monoisotopic (exact) mass is 492 g/mol. The van der Waals surface area contributed by atoms with Crippen molar-refractivity contribution in [2.24, 2.45) is 4.99 Å². The summed E-state index contributed by atoms with van der Waals surface area (Å²) in [6, 6.07) is 9.95. The average molecular weight is 493 g/mol. The number of hydrogen-bond acceptors (Lipinski definition) is 6. The zero-order chi connectivity index (χ0) is 26.0. The lowest BCUT2D eigenvalue weighted by Gasteiger charge is -2.35. The summed E-state index contributed by atoms with van der Waals surface area (Å²) < 4.78 is 25.0. The highest BCUT2D eigenvalue weighted by molar-refractivity contribution is 6.20. The van der Waals surface area contributed by atoms with Crippen LogP contribution in [0.1, 0.15) is 60.4 Å². The molecule has 1 aromatic heterocycles. The molecular weight excluding hydrogens is 456 g/mol. The molecule has 2 aromatic carbocycles. The van der Waals surface area contributed by atoms with Gasteiger partial charge in [0.05, 0.1) is 24.9 Å². The van der Waals surface area contributed by atoms with Crippen LogP contribution in [0.3, 0.4) is 0 Å². The van der Waals surface area contributed by atoms with Crippen molar-refractivity contribution in [1.82, 2.24) is 4.57 Å². The van der Waals surface area contributed by atoms with Crippen LogP contribution in [0.5, 0.6) is 11.5 Å². The minimum Gasteiger partial charge on any atom is -0.487 e. The molecule has 0 spiro atoms. The first-order valence-electron chi connectivity index (χ1n) is 12.3. The Morgan fingerprint density at radius 1 is 1.03 bits per heavy atom. The Hall–Kier alpha value is -3.16. The van der Waals surface area contributed by atoms with E-state index in [-0.39, 0.29) is 11.9 Å². The predicted octanol–water partition coefficient (Wildman–Crippen LogP) is 5.02. The van der Waals surface area contributed by atoms with Crippen molar-refractivity contribution in [1.29, 1.82) is 0 Å². The standard InChI is InChI=1S/C29H36N2O5/c1-18(2)36-25-15-21-22(16-24(25)35-13-12-34-7)29(3,4)28-26(27(21)32)20-9-8-19(17-30-5)14-23(20)31(28)10-11-33-6/h8-9,14-18H,10-13H2,1-7H3/b30-17-. The number of ketones is 1. The van der Waals surface area contributed by atoms with Gasteiger partial charge in [0, 0.05) is 61.6 Å². The Morgan fingerprint density at radius 2 is 1.78 bits per heavy atom. The fraction of sp³-hybridized carbons (Fsp3) is 0.448. The third-order valence-electron chi connectivity index (χ3n) is 6.61. The molecule has 36 heavy (non-hydrogen) atoms. The number of benzene rings is 2. The fourth-order valence-corrected chi connectivity index (χ4v) is 5.11. The van der Waals surface area contributed by atoms with Crippen LogP contribution in [0.4, 0.5) is 0 Å². The van der Waals surface area contributed by atoms with Gasteiger partial charge in [-0.15, -0.1) is 0 Å². The normalized spacial score (nSPS) is 14.5. The lowest BCUT2D eigenvalue weighted by Crippen LogP contribution is -2.33. The van der Waals surface area contributed by atoms with Crippen LogP contribution in [-0.2, 0) is 21.4 Å². The molecule has 3 aromatic rings. The quantitative estimate of drug-likeness (QED) is 0.294. The summed E-state index contributed by atoms with van der Waals surface area (Å²) in [5.74, 6) is 1.18. The van der Waals surface area contributed by atoms with Crippen LogP contribution in [0.25, 0.3) is 10.9 Å². The lowest BCUT2D eigenvalue weighted by molar-refractivity contribution is 0.102. The van der Waals surface area contributed by atoms with E-state index in [2.05, 4.69) is 29.5 Å². The van der Waals surface area contributed by atoms with E-state index < -0.39 is 5.41 Å². The van der Waals surface area contributed by atoms with Gasteiger partial charge >= 0.3 is 0 Å². The lowest BCUT2D eigenvalue weighted by atomic mass is 9.71. The first kappa shape index (κ1) is 25.9. The molecule has 192 valence electrons. The molecule has 0 N–H and O–H groups in total. The summed E-state index contributed by atoms with van der Waals surface area (Å²) in [7, 11) is 5.09. The molecule has 1 aliphatic rings. The molecule has 4 rings (SSSR count). The second-order valence-electron chi connectivity index (χ2n) is 9.84. The first-order chi connectivity index (χ1) is 17.2. The van der Waals surface area contributed by atoms with Crippen LogP contribution in [0, 0.1) is 0 Å². The largest absolute Gasteiger partial charge is 0.487 e. The van der Waals surface area contributed by atoms with Gasteiger partial charge in [0.1, 0.15) is 6.61 Å². The maximum absolute atomic E-state index is 14.1.